The number of ether oxygens (including phenoxy) is 2. The molecule has 7 heteroatoms. The Hall–Kier alpha value is -0.300. The molecule has 19 heavy (non-hydrogen) atoms. The molecule has 0 amide bonds. The second kappa shape index (κ2) is 7.47. The highest BCUT2D eigenvalue weighted by molar-refractivity contribution is 9.10. The van der Waals surface area contributed by atoms with E-state index in [1.165, 1.54) is 6.07 Å². The van der Waals surface area contributed by atoms with Crippen molar-refractivity contribution < 1.29 is 17.9 Å². The van der Waals surface area contributed by atoms with Crippen LogP contribution in [-0.2, 0) is 13.8 Å². The van der Waals surface area contributed by atoms with Gasteiger partial charge in [0.05, 0.1) is 6.61 Å². The molecule has 0 aliphatic carbocycles. The minimum absolute atomic E-state index is 0.0487. The monoisotopic (exact) mass is 370 g/mol. The lowest BCUT2D eigenvalue weighted by Crippen LogP contribution is -2.11. The predicted octanol–water partition coefficient (Wildman–Crippen LogP) is 3.43. The van der Waals surface area contributed by atoms with E-state index in [0.29, 0.717) is 23.6 Å². The van der Waals surface area contributed by atoms with Crippen LogP contribution >= 0.6 is 26.6 Å². The van der Waals surface area contributed by atoms with Crippen molar-refractivity contribution in [1.29, 1.82) is 0 Å². The first-order chi connectivity index (χ1) is 8.80. The third-order valence-corrected chi connectivity index (χ3v) is 3.94. The van der Waals surface area contributed by atoms with E-state index in [1.54, 1.807) is 12.1 Å². The zero-order chi connectivity index (χ0) is 14.5. The summed E-state index contributed by atoms with van der Waals surface area (Å²) in [5, 5.41) is 0. The molecule has 1 aromatic rings. The van der Waals surface area contributed by atoms with E-state index in [0.717, 1.165) is 0 Å². The molecule has 0 bridgehead atoms. The molecule has 0 saturated heterocycles. The summed E-state index contributed by atoms with van der Waals surface area (Å²) in [4.78, 5) is -0.0487. The normalized spacial score (nSPS) is 11.8. The standard InChI is InChI=1S/C12H16BrClO4S/c1-9(2)8-17-5-6-18-11-4-3-10(13)7-12(11)19(14,15)16/h3-4,7,9H,5-6,8H2,1-2H3. The van der Waals surface area contributed by atoms with Crippen LogP contribution in [0.5, 0.6) is 5.75 Å². The second-order valence-corrected chi connectivity index (χ2v) is 7.80. The summed E-state index contributed by atoms with van der Waals surface area (Å²) in [6.07, 6.45) is 0. The van der Waals surface area contributed by atoms with Crippen molar-refractivity contribution in [2.45, 2.75) is 18.7 Å². The smallest absolute Gasteiger partial charge is 0.265 e. The lowest BCUT2D eigenvalue weighted by molar-refractivity contribution is 0.0811. The SMILES string of the molecule is CC(C)COCCOc1ccc(Br)cc1S(=O)(=O)Cl. The van der Waals surface area contributed by atoms with Crippen molar-refractivity contribution in [3.05, 3.63) is 22.7 Å². The van der Waals surface area contributed by atoms with Gasteiger partial charge in [-0.15, -0.1) is 0 Å². The summed E-state index contributed by atoms with van der Waals surface area (Å²) in [5.74, 6) is 0.679. The Bertz CT molecular complexity index is 516. The van der Waals surface area contributed by atoms with Crippen LogP contribution < -0.4 is 4.74 Å². The lowest BCUT2D eigenvalue weighted by atomic mass is 10.2. The minimum atomic E-state index is -3.84. The Labute approximate surface area is 126 Å². The lowest BCUT2D eigenvalue weighted by Gasteiger charge is -2.11. The largest absolute Gasteiger partial charge is 0.490 e. The first kappa shape index (κ1) is 16.8. The molecule has 0 heterocycles. The Morgan fingerprint density at radius 3 is 2.58 bits per heavy atom. The van der Waals surface area contributed by atoms with Crippen LogP contribution in [0.4, 0.5) is 0 Å². The molecule has 1 aromatic carbocycles. The molecule has 0 unspecified atom stereocenters. The quantitative estimate of drug-likeness (QED) is 0.544. The zero-order valence-electron chi connectivity index (χ0n) is 10.7. The van der Waals surface area contributed by atoms with E-state index in [1.807, 2.05) is 13.8 Å². The number of hydrogen-bond acceptors (Lipinski definition) is 4. The van der Waals surface area contributed by atoms with Gasteiger partial charge in [0.25, 0.3) is 9.05 Å². The number of benzene rings is 1. The molecule has 0 N–H and O–H groups in total. The topological polar surface area (TPSA) is 52.6 Å². The fourth-order valence-corrected chi connectivity index (χ4v) is 2.83. The summed E-state index contributed by atoms with van der Waals surface area (Å²) in [7, 11) is 1.52. The molecule has 1 rings (SSSR count). The fraction of sp³-hybridized carbons (Fsp3) is 0.500. The van der Waals surface area contributed by atoms with Gasteiger partial charge in [0.15, 0.2) is 0 Å². The van der Waals surface area contributed by atoms with Crippen LogP contribution in [0.2, 0.25) is 0 Å². The van der Waals surface area contributed by atoms with E-state index in [4.69, 9.17) is 20.2 Å². The minimum Gasteiger partial charge on any atom is -0.490 e. The molecule has 0 aliphatic rings. The Balaban J connectivity index is 2.64. The summed E-state index contributed by atoms with van der Waals surface area (Å²) in [6, 6.07) is 4.66. The Kier molecular flexibility index (Phi) is 6.59. The molecule has 0 radical (unpaired) electrons. The zero-order valence-corrected chi connectivity index (χ0v) is 13.9. The van der Waals surface area contributed by atoms with E-state index in [-0.39, 0.29) is 17.3 Å². The van der Waals surface area contributed by atoms with Crippen LogP contribution in [0.3, 0.4) is 0 Å². The summed E-state index contributed by atoms with van der Waals surface area (Å²) in [5.41, 5.74) is 0. The highest BCUT2D eigenvalue weighted by Crippen LogP contribution is 2.29. The number of halogens is 2. The third kappa shape index (κ3) is 6.12. The molecule has 0 spiro atoms. The fourth-order valence-electron chi connectivity index (χ4n) is 1.32. The molecule has 0 aromatic heterocycles. The van der Waals surface area contributed by atoms with Crippen LogP contribution in [0, 0.1) is 5.92 Å². The van der Waals surface area contributed by atoms with Crippen molar-refractivity contribution in [3.8, 4) is 5.75 Å². The van der Waals surface area contributed by atoms with Crippen LogP contribution in [0.1, 0.15) is 13.8 Å². The van der Waals surface area contributed by atoms with Crippen molar-refractivity contribution in [3.63, 3.8) is 0 Å². The number of rotatable bonds is 7. The van der Waals surface area contributed by atoms with Gasteiger partial charge in [0.2, 0.25) is 0 Å². The van der Waals surface area contributed by atoms with Gasteiger partial charge in [-0.25, -0.2) is 8.42 Å². The molecule has 0 atom stereocenters. The van der Waals surface area contributed by atoms with Crippen LogP contribution in [-0.4, -0.2) is 28.2 Å². The Morgan fingerprint density at radius 2 is 2.00 bits per heavy atom. The van der Waals surface area contributed by atoms with E-state index in [2.05, 4.69) is 15.9 Å². The molecule has 0 saturated carbocycles. The maximum Gasteiger partial charge on any atom is 0.265 e. The average molecular weight is 372 g/mol. The summed E-state index contributed by atoms with van der Waals surface area (Å²) in [6.45, 7) is 5.41. The molecule has 4 nitrogen and oxygen atoms in total. The van der Waals surface area contributed by atoms with Gasteiger partial charge >= 0.3 is 0 Å². The molecule has 0 fully saturated rings. The highest BCUT2D eigenvalue weighted by Gasteiger charge is 2.17. The van der Waals surface area contributed by atoms with E-state index < -0.39 is 9.05 Å². The van der Waals surface area contributed by atoms with Gasteiger partial charge in [-0.05, 0) is 24.1 Å². The van der Waals surface area contributed by atoms with Crippen molar-refractivity contribution in [1.82, 2.24) is 0 Å². The van der Waals surface area contributed by atoms with E-state index in [9.17, 15) is 8.42 Å². The predicted molar refractivity (Wildman–Crippen MR) is 78.3 cm³/mol. The van der Waals surface area contributed by atoms with E-state index >= 15 is 0 Å². The van der Waals surface area contributed by atoms with Gasteiger partial charge in [-0.2, -0.15) is 0 Å². The van der Waals surface area contributed by atoms with Crippen molar-refractivity contribution in [2.75, 3.05) is 19.8 Å². The molecular formula is C12H16BrClO4S. The third-order valence-electron chi connectivity index (χ3n) is 2.10. The maximum absolute atomic E-state index is 11.4. The summed E-state index contributed by atoms with van der Waals surface area (Å²) < 4.78 is 34.2. The molecule has 108 valence electrons. The molecular weight excluding hydrogens is 356 g/mol. The summed E-state index contributed by atoms with van der Waals surface area (Å²) >= 11 is 3.19. The second-order valence-electron chi connectivity index (χ2n) is 4.35. The highest BCUT2D eigenvalue weighted by atomic mass is 79.9. The van der Waals surface area contributed by atoms with Gasteiger partial charge < -0.3 is 9.47 Å². The van der Waals surface area contributed by atoms with Crippen LogP contribution in [0.25, 0.3) is 0 Å². The first-order valence-corrected chi connectivity index (χ1v) is 8.85. The van der Waals surface area contributed by atoms with Gasteiger partial charge in [0, 0.05) is 21.8 Å². The molecule has 0 aliphatic heterocycles. The van der Waals surface area contributed by atoms with Gasteiger partial charge in [-0.1, -0.05) is 29.8 Å². The Morgan fingerprint density at radius 1 is 1.32 bits per heavy atom. The van der Waals surface area contributed by atoms with Gasteiger partial charge in [-0.3, -0.25) is 0 Å². The first-order valence-electron chi connectivity index (χ1n) is 5.75. The average Bonchev–Trinajstić information content (AvgIpc) is 2.28. The van der Waals surface area contributed by atoms with Crippen LogP contribution in [0.15, 0.2) is 27.6 Å². The van der Waals surface area contributed by atoms with Gasteiger partial charge in [0.1, 0.15) is 17.3 Å². The maximum atomic E-state index is 11.4. The van der Waals surface area contributed by atoms with Crippen molar-refractivity contribution >= 4 is 35.7 Å². The van der Waals surface area contributed by atoms with Crippen molar-refractivity contribution in [2.24, 2.45) is 5.92 Å². The number of hydrogen-bond donors (Lipinski definition) is 0.